The molecule has 0 heterocycles. The maximum Gasteiger partial charge on any atom is 0.264 e. The number of nitrogens with one attached hydrogen (secondary N) is 1. The molecule has 0 saturated carbocycles. The highest BCUT2D eigenvalue weighted by molar-refractivity contribution is 7.92. The minimum Gasteiger partial charge on any atom is -0.326 e. The third-order valence-electron chi connectivity index (χ3n) is 5.79. The second-order valence-corrected chi connectivity index (χ2v) is 12.2. The molecule has 0 atom stereocenters. The number of hydrogen-bond donors (Lipinski definition) is 2. The number of nitrogens with two attached hydrogens (primary N) is 1. The average Bonchev–Trinajstić information content (AvgIpc) is 2.83. The Balaban J connectivity index is 1.64. The van der Waals surface area contributed by atoms with Crippen LogP contribution in [0.2, 0.25) is 0 Å². The van der Waals surface area contributed by atoms with Crippen molar-refractivity contribution in [2.24, 2.45) is 5.14 Å². The summed E-state index contributed by atoms with van der Waals surface area (Å²) in [6.45, 7) is 3.63. The smallest absolute Gasteiger partial charge is 0.264 e. The van der Waals surface area contributed by atoms with E-state index in [1.165, 1.54) is 28.6 Å². The fourth-order valence-corrected chi connectivity index (χ4v) is 6.16. The number of anilines is 2. The zero-order valence-corrected chi connectivity index (χ0v) is 22.0. The standard InChI is InChI=1S/C27H27N3O5S2/c1-19-14-20(2)16-24(15-19)30(37(34,35)26-11-10-21-6-3-4-7-22(21)17-26)13-12-27(31)29-23-8-5-9-25(18-23)36(28,32)33/h3-11,14-18H,12-13H2,1-2H3,(H,29,31)(H2,28,32,33). The molecule has 3 N–H and O–H groups in total. The van der Waals surface area contributed by atoms with Crippen LogP contribution in [-0.2, 0) is 24.8 Å². The van der Waals surface area contributed by atoms with Crippen molar-refractivity contribution in [2.45, 2.75) is 30.1 Å². The van der Waals surface area contributed by atoms with Gasteiger partial charge in [0.15, 0.2) is 0 Å². The summed E-state index contributed by atoms with van der Waals surface area (Å²) >= 11 is 0. The molecule has 0 aliphatic carbocycles. The van der Waals surface area contributed by atoms with E-state index < -0.39 is 26.0 Å². The number of carbonyl (C=O) groups excluding carboxylic acids is 1. The van der Waals surface area contributed by atoms with Crippen molar-refractivity contribution in [1.29, 1.82) is 0 Å². The lowest BCUT2D eigenvalue weighted by Crippen LogP contribution is -2.34. The molecule has 0 aromatic heterocycles. The number of aryl methyl sites for hydroxylation is 2. The first-order chi connectivity index (χ1) is 17.4. The Labute approximate surface area is 216 Å². The predicted molar refractivity (Wildman–Crippen MR) is 145 cm³/mol. The number of hydrogen-bond acceptors (Lipinski definition) is 5. The van der Waals surface area contributed by atoms with Gasteiger partial charge in [-0.15, -0.1) is 0 Å². The molecule has 1 amide bonds. The van der Waals surface area contributed by atoms with E-state index in [4.69, 9.17) is 5.14 Å². The van der Waals surface area contributed by atoms with E-state index >= 15 is 0 Å². The van der Waals surface area contributed by atoms with E-state index in [-0.39, 0.29) is 28.4 Å². The molecule has 0 aliphatic heterocycles. The molecule has 0 saturated heterocycles. The van der Waals surface area contributed by atoms with Crippen molar-refractivity contribution in [2.75, 3.05) is 16.2 Å². The number of primary sulfonamides is 1. The summed E-state index contributed by atoms with van der Waals surface area (Å²) < 4.78 is 52.1. The minimum absolute atomic E-state index is 0.117. The maximum absolute atomic E-state index is 13.8. The molecular formula is C27H27N3O5S2. The predicted octanol–water partition coefficient (Wildman–Crippen LogP) is 4.33. The van der Waals surface area contributed by atoms with E-state index in [9.17, 15) is 21.6 Å². The SMILES string of the molecule is Cc1cc(C)cc(N(CCC(=O)Nc2cccc(S(N)(=O)=O)c2)S(=O)(=O)c2ccc3ccccc3c2)c1. The van der Waals surface area contributed by atoms with Crippen LogP contribution in [0.1, 0.15) is 17.5 Å². The summed E-state index contributed by atoms with van der Waals surface area (Å²) in [4.78, 5) is 12.7. The van der Waals surface area contributed by atoms with Gasteiger partial charge >= 0.3 is 0 Å². The second-order valence-electron chi connectivity index (χ2n) is 8.80. The molecule has 4 aromatic carbocycles. The fourth-order valence-electron chi connectivity index (χ4n) is 4.12. The molecule has 4 rings (SSSR count). The number of fused-ring (bicyclic) bond motifs is 1. The topological polar surface area (TPSA) is 127 Å². The Morgan fingerprint density at radius 3 is 2.14 bits per heavy atom. The van der Waals surface area contributed by atoms with Gasteiger partial charge in [0.25, 0.3) is 10.0 Å². The van der Waals surface area contributed by atoms with E-state index in [2.05, 4.69) is 5.32 Å². The number of benzene rings is 4. The van der Waals surface area contributed by atoms with Gasteiger partial charge in [-0.3, -0.25) is 9.10 Å². The van der Waals surface area contributed by atoms with Crippen LogP contribution in [0.25, 0.3) is 10.8 Å². The Hall–Kier alpha value is -3.73. The van der Waals surface area contributed by atoms with Gasteiger partial charge in [-0.05, 0) is 78.2 Å². The van der Waals surface area contributed by atoms with Crippen molar-refractivity contribution in [3.8, 4) is 0 Å². The van der Waals surface area contributed by atoms with Gasteiger partial charge in [-0.2, -0.15) is 0 Å². The molecule has 0 aliphatic rings. The van der Waals surface area contributed by atoms with Crippen molar-refractivity contribution in [3.63, 3.8) is 0 Å². The van der Waals surface area contributed by atoms with E-state index in [1.807, 2.05) is 44.2 Å². The van der Waals surface area contributed by atoms with Crippen molar-refractivity contribution >= 4 is 48.1 Å². The molecule has 10 heteroatoms. The Morgan fingerprint density at radius 1 is 0.784 bits per heavy atom. The van der Waals surface area contributed by atoms with Gasteiger partial charge in [0.05, 0.1) is 15.5 Å². The van der Waals surface area contributed by atoms with Crippen molar-refractivity contribution < 1.29 is 21.6 Å². The minimum atomic E-state index is -4.02. The highest BCUT2D eigenvalue weighted by Crippen LogP contribution is 2.28. The Morgan fingerprint density at radius 2 is 1.46 bits per heavy atom. The molecule has 37 heavy (non-hydrogen) atoms. The highest BCUT2D eigenvalue weighted by atomic mass is 32.2. The van der Waals surface area contributed by atoms with Crippen LogP contribution in [-0.4, -0.2) is 29.3 Å². The van der Waals surface area contributed by atoms with E-state index in [0.717, 1.165) is 21.9 Å². The van der Waals surface area contributed by atoms with Crippen molar-refractivity contribution in [1.82, 2.24) is 0 Å². The molecule has 192 valence electrons. The summed E-state index contributed by atoms with van der Waals surface area (Å²) in [5.41, 5.74) is 2.47. The largest absolute Gasteiger partial charge is 0.326 e. The quantitative estimate of drug-likeness (QED) is 0.346. The first-order valence-electron chi connectivity index (χ1n) is 11.5. The van der Waals surface area contributed by atoms with Crippen molar-refractivity contribution in [3.05, 3.63) is 96.1 Å². The summed E-state index contributed by atoms with van der Waals surface area (Å²) in [6.07, 6.45) is -0.167. The Bertz CT molecular complexity index is 1680. The monoisotopic (exact) mass is 537 g/mol. The first-order valence-corrected chi connectivity index (χ1v) is 14.4. The summed E-state index contributed by atoms with van der Waals surface area (Å²) in [5, 5.41) is 9.49. The molecular weight excluding hydrogens is 510 g/mol. The number of amides is 1. The number of nitrogens with zero attached hydrogens (tertiary/aromatic N) is 1. The lowest BCUT2D eigenvalue weighted by atomic mass is 10.1. The van der Waals surface area contributed by atoms with Gasteiger partial charge in [0.1, 0.15) is 0 Å². The molecule has 8 nitrogen and oxygen atoms in total. The summed E-state index contributed by atoms with van der Waals surface area (Å²) in [5.74, 6) is -0.477. The second kappa shape index (κ2) is 10.3. The maximum atomic E-state index is 13.8. The lowest BCUT2D eigenvalue weighted by Gasteiger charge is -2.25. The third-order valence-corrected chi connectivity index (χ3v) is 8.53. The lowest BCUT2D eigenvalue weighted by molar-refractivity contribution is -0.116. The molecule has 4 aromatic rings. The van der Waals surface area contributed by atoms with E-state index in [1.54, 1.807) is 30.3 Å². The number of carbonyl (C=O) groups is 1. The van der Waals surface area contributed by atoms with Gasteiger partial charge in [0.2, 0.25) is 15.9 Å². The van der Waals surface area contributed by atoms with Gasteiger partial charge in [-0.25, -0.2) is 22.0 Å². The third kappa shape index (κ3) is 6.16. The molecule has 0 unspecified atom stereocenters. The fraction of sp³-hybridized carbons (Fsp3) is 0.148. The molecule has 0 bridgehead atoms. The van der Waals surface area contributed by atoms with Gasteiger partial charge in [0, 0.05) is 18.7 Å². The zero-order chi connectivity index (χ0) is 26.8. The van der Waals surface area contributed by atoms with Gasteiger partial charge < -0.3 is 5.32 Å². The van der Waals surface area contributed by atoms with Crippen LogP contribution in [0.3, 0.4) is 0 Å². The number of sulfonamides is 2. The summed E-state index contributed by atoms with van der Waals surface area (Å²) in [6, 6.07) is 23.4. The van der Waals surface area contributed by atoms with Crippen LogP contribution < -0.4 is 14.8 Å². The normalized spacial score (nSPS) is 11.9. The van der Waals surface area contributed by atoms with Crippen LogP contribution in [0, 0.1) is 13.8 Å². The molecule has 0 radical (unpaired) electrons. The van der Waals surface area contributed by atoms with Crippen LogP contribution in [0.5, 0.6) is 0 Å². The van der Waals surface area contributed by atoms with Crippen LogP contribution >= 0.6 is 0 Å². The zero-order valence-electron chi connectivity index (χ0n) is 20.4. The van der Waals surface area contributed by atoms with Gasteiger partial charge in [-0.1, -0.05) is 42.5 Å². The van der Waals surface area contributed by atoms with Crippen LogP contribution in [0.15, 0.2) is 94.7 Å². The highest BCUT2D eigenvalue weighted by Gasteiger charge is 2.26. The summed E-state index contributed by atoms with van der Waals surface area (Å²) in [7, 11) is -7.95. The number of rotatable bonds is 8. The first kappa shape index (κ1) is 26.3. The Kier molecular flexibility index (Phi) is 7.35. The molecule has 0 spiro atoms. The average molecular weight is 538 g/mol. The van der Waals surface area contributed by atoms with E-state index in [0.29, 0.717) is 5.69 Å². The molecule has 0 fully saturated rings. The van der Waals surface area contributed by atoms with Crippen LogP contribution in [0.4, 0.5) is 11.4 Å².